The molecule has 4 rings (SSSR count). The van der Waals surface area contributed by atoms with Crippen LogP contribution >= 0.6 is 0 Å². The number of nitrogens with zero attached hydrogens (tertiary/aromatic N) is 1. The Balaban J connectivity index is 1.73. The number of halogens is 1. The minimum absolute atomic E-state index is 0.180. The van der Waals surface area contributed by atoms with Gasteiger partial charge in [-0.2, -0.15) is 0 Å². The first-order chi connectivity index (χ1) is 13.2. The van der Waals surface area contributed by atoms with E-state index in [1.807, 2.05) is 24.4 Å². The number of hydrogen-bond acceptors (Lipinski definition) is 3. The molecule has 2 heterocycles. The lowest BCUT2D eigenvalue weighted by molar-refractivity contribution is -0.110. The number of fused-ring (bicyclic) bond motifs is 1. The molecule has 2 aromatic rings. The fraction of sp³-hybridized carbons (Fsp3) is 0.318. The van der Waals surface area contributed by atoms with Crippen LogP contribution in [0.15, 0.2) is 54.7 Å². The van der Waals surface area contributed by atoms with Crippen LogP contribution < -0.4 is 15.5 Å². The maximum absolute atomic E-state index is 13.5. The molecule has 1 saturated heterocycles. The summed E-state index contributed by atoms with van der Waals surface area (Å²) in [5, 5.41) is 6.26. The Hall–Kier alpha value is -2.66. The van der Waals surface area contributed by atoms with Crippen molar-refractivity contribution in [2.75, 3.05) is 23.3 Å². The van der Waals surface area contributed by atoms with Gasteiger partial charge in [-0.25, -0.2) is 4.39 Å². The molecule has 1 atom stereocenters. The van der Waals surface area contributed by atoms with Gasteiger partial charge < -0.3 is 15.5 Å². The molecule has 140 valence electrons. The van der Waals surface area contributed by atoms with E-state index in [1.54, 1.807) is 6.07 Å². The first kappa shape index (κ1) is 17.7. The van der Waals surface area contributed by atoms with Gasteiger partial charge in [0.25, 0.3) is 5.91 Å². The number of anilines is 2. The third kappa shape index (κ3) is 3.88. The third-order valence-electron chi connectivity index (χ3n) is 5.28. The molecule has 0 spiro atoms. The lowest BCUT2D eigenvalue weighted by Crippen LogP contribution is -2.36. The van der Waals surface area contributed by atoms with E-state index >= 15 is 0 Å². The molecule has 1 unspecified atom stereocenters. The molecule has 1 amide bonds. The summed E-state index contributed by atoms with van der Waals surface area (Å²) in [6, 6.07) is 14.9. The fourth-order valence-corrected chi connectivity index (χ4v) is 3.87. The highest BCUT2D eigenvalue weighted by atomic mass is 19.1. The predicted octanol–water partition coefficient (Wildman–Crippen LogP) is 4.16. The second-order valence-corrected chi connectivity index (χ2v) is 7.12. The molecule has 0 aliphatic carbocycles. The van der Waals surface area contributed by atoms with Crippen LogP contribution in [-0.4, -0.2) is 25.0 Å². The molecule has 0 aromatic heterocycles. The Kier molecular flexibility index (Phi) is 5.21. The van der Waals surface area contributed by atoms with Gasteiger partial charge in [0.1, 0.15) is 5.82 Å². The van der Waals surface area contributed by atoms with Gasteiger partial charge in [0.2, 0.25) is 0 Å². The molecule has 2 aliphatic rings. The summed E-state index contributed by atoms with van der Waals surface area (Å²) >= 11 is 0. The standard InChI is InChI=1S/C22H24FN3O/c23-16-9-10-19-20(22(27)25-21(19)14-16)15-26(17-6-2-1-3-7-17)18-8-4-5-12-24-13-11-18/h1-3,6-7,9-10,14-15,18,24H,4-5,8,11-13H2,(H,25,27)/b20-15-. The maximum Gasteiger partial charge on any atom is 0.257 e. The van der Waals surface area contributed by atoms with Crippen LogP contribution in [-0.2, 0) is 4.79 Å². The van der Waals surface area contributed by atoms with Gasteiger partial charge >= 0.3 is 0 Å². The lowest BCUT2D eigenvalue weighted by atomic mass is 10.0. The first-order valence-corrected chi connectivity index (χ1v) is 9.59. The molecule has 2 aromatic carbocycles. The lowest BCUT2D eigenvalue weighted by Gasteiger charge is -2.33. The molecule has 2 aliphatic heterocycles. The Morgan fingerprint density at radius 1 is 1.04 bits per heavy atom. The van der Waals surface area contributed by atoms with Crippen LogP contribution in [0.25, 0.3) is 5.57 Å². The highest BCUT2D eigenvalue weighted by Gasteiger charge is 2.27. The summed E-state index contributed by atoms with van der Waals surface area (Å²) in [5.74, 6) is -0.526. The van der Waals surface area contributed by atoms with Crippen molar-refractivity contribution in [2.24, 2.45) is 0 Å². The Morgan fingerprint density at radius 3 is 2.74 bits per heavy atom. The zero-order valence-corrected chi connectivity index (χ0v) is 15.2. The normalized spacial score (nSPS) is 21.3. The van der Waals surface area contributed by atoms with Crippen molar-refractivity contribution in [2.45, 2.75) is 31.7 Å². The summed E-state index contributed by atoms with van der Waals surface area (Å²) in [6.07, 6.45) is 6.35. The Labute approximate surface area is 159 Å². The number of carbonyl (C=O) groups is 1. The molecule has 0 saturated carbocycles. The zero-order valence-electron chi connectivity index (χ0n) is 15.2. The van der Waals surface area contributed by atoms with E-state index in [2.05, 4.69) is 27.7 Å². The SMILES string of the molecule is O=C1Nc2cc(F)ccc2/C1=C/N(c1ccccc1)C1CCCCNCC1. The van der Waals surface area contributed by atoms with Crippen molar-refractivity contribution in [3.8, 4) is 0 Å². The average molecular weight is 365 g/mol. The third-order valence-corrected chi connectivity index (χ3v) is 5.28. The van der Waals surface area contributed by atoms with Crippen molar-refractivity contribution in [3.63, 3.8) is 0 Å². The summed E-state index contributed by atoms with van der Waals surface area (Å²) in [5.41, 5.74) is 2.95. The molecular formula is C22H24FN3O. The minimum Gasteiger partial charge on any atom is -0.344 e. The number of para-hydroxylation sites is 1. The number of carbonyl (C=O) groups excluding carboxylic acids is 1. The van der Waals surface area contributed by atoms with Crippen LogP contribution in [0, 0.1) is 5.82 Å². The van der Waals surface area contributed by atoms with Crippen molar-refractivity contribution < 1.29 is 9.18 Å². The molecule has 1 fully saturated rings. The second kappa shape index (κ2) is 7.92. The zero-order chi connectivity index (χ0) is 18.6. The summed E-state index contributed by atoms with van der Waals surface area (Å²) in [7, 11) is 0. The average Bonchev–Trinajstić information content (AvgIpc) is 2.95. The van der Waals surface area contributed by atoms with Crippen molar-refractivity contribution in [1.29, 1.82) is 0 Å². The highest BCUT2D eigenvalue weighted by Crippen LogP contribution is 2.34. The second-order valence-electron chi connectivity index (χ2n) is 7.12. The number of nitrogens with one attached hydrogen (secondary N) is 2. The molecule has 0 radical (unpaired) electrons. The van der Waals surface area contributed by atoms with E-state index in [4.69, 9.17) is 0 Å². The quantitative estimate of drug-likeness (QED) is 0.803. The topological polar surface area (TPSA) is 44.4 Å². The van der Waals surface area contributed by atoms with Crippen LogP contribution in [0.5, 0.6) is 0 Å². The Morgan fingerprint density at radius 2 is 1.89 bits per heavy atom. The van der Waals surface area contributed by atoms with Gasteiger partial charge in [-0.3, -0.25) is 4.79 Å². The molecule has 2 N–H and O–H groups in total. The van der Waals surface area contributed by atoms with E-state index in [0.717, 1.165) is 50.0 Å². The van der Waals surface area contributed by atoms with Gasteiger partial charge in [-0.05, 0) is 62.7 Å². The van der Waals surface area contributed by atoms with Crippen molar-refractivity contribution >= 4 is 22.9 Å². The summed E-state index contributed by atoms with van der Waals surface area (Å²) in [4.78, 5) is 14.8. The van der Waals surface area contributed by atoms with E-state index in [0.29, 0.717) is 17.3 Å². The van der Waals surface area contributed by atoms with E-state index < -0.39 is 0 Å². The van der Waals surface area contributed by atoms with Gasteiger partial charge in [0, 0.05) is 23.5 Å². The van der Waals surface area contributed by atoms with Gasteiger partial charge in [-0.15, -0.1) is 0 Å². The summed E-state index contributed by atoms with van der Waals surface area (Å²) < 4.78 is 13.5. The monoisotopic (exact) mass is 365 g/mol. The fourth-order valence-electron chi connectivity index (χ4n) is 3.87. The van der Waals surface area contributed by atoms with Gasteiger partial charge in [0.05, 0.1) is 11.3 Å². The van der Waals surface area contributed by atoms with Crippen LogP contribution in [0.4, 0.5) is 15.8 Å². The number of benzene rings is 2. The molecular weight excluding hydrogens is 341 g/mol. The molecule has 5 heteroatoms. The number of hydrogen-bond donors (Lipinski definition) is 2. The first-order valence-electron chi connectivity index (χ1n) is 9.59. The minimum atomic E-state index is -0.346. The number of amides is 1. The number of rotatable bonds is 3. The van der Waals surface area contributed by atoms with Crippen LogP contribution in [0.3, 0.4) is 0 Å². The van der Waals surface area contributed by atoms with Gasteiger partial charge in [0.15, 0.2) is 0 Å². The van der Waals surface area contributed by atoms with Crippen LogP contribution in [0.1, 0.15) is 31.2 Å². The molecule has 0 bridgehead atoms. The largest absolute Gasteiger partial charge is 0.344 e. The van der Waals surface area contributed by atoms with E-state index in [-0.39, 0.29) is 11.7 Å². The van der Waals surface area contributed by atoms with Crippen LogP contribution in [0.2, 0.25) is 0 Å². The van der Waals surface area contributed by atoms with E-state index in [9.17, 15) is 9.18 Å². The van der Waals surface area contributed by atoms with Crippen molar-refractivity contribution in [3.05, 3.63) is 66.1 Å². The summed E-state index contributed by atoms with van der Waals surface area (Å²) in [6.45, 7) is 2.03. The Bertz CT molecular complexity index is 842. The molecule has 27 heavy (non-hydrogen) atoms. The smallest absolute Gasteiger partial charge is 0.257 e. The maximum atomic E-state index is 13.5. The van der Waals surface area contributed by atoms with Gasteiger partial charge in [-0.1, -0.05) is 24.6 Å². The van der Waals surface area contributed by atoms with Crippen molar-refractivity contribution in [1.82, 2.24) is 5.32 Å². The molecule has 4 nitrogen and oxygen atoms in total. The van der Waals surface area contributed by atoms with E-state index in [1.165, 1.54) is 12.1 Å². The predicted molar refractivity (Wildman–Crippen MR) is 107 cm³/mol. The highest BCUT2D eigenvalue weighted by molar-refractivity contribution is 6.31.